The largest absolute Gasteiger partial charge is 0.328 e. The molecule has 0 aliphatic carbocycles. The lowest BCUT2D eigenvalue weighted by molar-refractivity contribution is -0.890. The topological polar surface area (TPSA) is 3.24 Å². The predicted octanol–water partition coefficient (Wildman–Crippen LogP) is 2.11. The van der Waals surface area contributed by atoms with Crippen LogP contribution in [0.1, 0.15) is 26.7 Å². The van der Waals surface area contributed by atoms with Crippen LogP contribution >= 0.6 is 12.6 Å². The molecule has 0 amide bonds. The first-order valence-corrected chi connectivity index (χ1v) is 6.84. The summed E-state index contributed by atoms with van der Waals surface area (Å²) >= 11 is 4.27. The lowest BCUT2D eigenvalue weighted by Crippen LogP contribution is -2.42. The fourth-order valence-electron chi connectivity index (χ4n) is 1.87. The summed E-state index contributed by atoms with van der Waals surface area (Å²) in [6.07, 6.45) is 2.53. The predicted molar refractivity (Wildman–Crippen MR) is 72.7 cm³/mol. The normalized spacial score (nSPS) is 12.4. The average Bonchev–Trinajstić information content (AvgIpc) is 2.22. The van der Waals surface area contributed by atoms with E-state index in [2.05, 4.69) is 45.5 Å². The van der Waals surface area contributed by atoms with Gasteiger partial charge in [-0.2, -0.15) is 12.6 Å². The Morgan fingerprint density at radius 3 is 2.00 bits per heavy atom. The molecule has 0 aromatic heterocycles. The van der Waals surface area contributed by atoms with Gasteiger partial charge < -0.3 is 9.38 Å². The van der Waals surface area contributed by atoms with Gasteiger partial charge >= 0.3 is 0 Å². The molecule has 0 rings (SSSR count). The van der Waals surface area contributed by atoms with Crippen molar-refractivity contribution >= 4 is 12.6 Å². The van der Waals surface area contributed by atoms with E-state index in [1.807, 2.05) is 0 Å². The molecule has 0 saturated carbocycles. The van der Waals surface area contributed by atoms with E-state index in [4.69, 9.17) is 0 Å². The first-order chi connectivity index (χ1) is 7.05. The smallest absolute Gasteiger partial charge is 0.0794 e. The molecule has 0 aliphatic heterocycles. The van der Waals surface area contributed by atoms with E-state index in [-0.39, 0.29) is 0 Å². The van der Waals surface area contributed by atoms with E-state index >= 15 is 0 Å². The molecule has 0 atom stereocenters. The zero-order valence-corrected chi connectivity index (χ0v) is 11.9. The molecular formula is C12H29N2S+. The summed E-state index contributed by atoms with van der Waals surface area (Å²) < 4.78 is 1.14. The minimum Gasteiger partial charge on any atom is -0.328 e. The van der Waals surface area contributed by atoms with Crippen molar-refractivity contribution in [3.63, 3.8) is 0 Å². The van der Waals surface area contributed by atoms with Gasteiger partial charge in [0.25, 0.3) is 0 Å². The van der Waals surface area contributed by atoms with Crippen molar-refractivity contribution in [2.45, 2.75) is 26.7 Å². The van der Waals surface area contributed by atoms with Gasteiger partial charge in [0, 0.05) is 19.4 Å². The molecule has 0 radical (unpaired) electrons. The molecule has 0 fully saturated rings. The molecule has 0 aromatic rings. The molecule has 0 aliphatic rings. The van der Waals surface area contributed by atoms with E-state index in [0.29, 0.717) is 0 Å². The second-order valence-corrected chi connectivity index (χ2v) is 5.29. The van der Waals surface area contributed by atoms with Gasteiger partial charge in [-0.1, -0.05) is 13.8 Å². The van der Waals surface area contributed by atoms with E-state index in [0.717, 1.165) is 10.2 Å². The highest BCUT2D eigenvalue weighted by Crippen LogP contribution is 2.03. The Bertz CT molecular complexity index is 145. The zero-order valence-electron chi connectivity index (χ0n) is 11.0. The Labute approximate surface area is 102 Å². The molecule has 0 bridgehead atoms. The van der Waals surface area contributed by atoms with Crippen molar-refractivity contribution in [1.29, 1.82) is 0 Å². The SMILES string of the molecule is CCN(CC)CCC[N+](C)(C)CCCS. The van der Waals surface area contributed by atoms with Crippen molar-refractivity contribution in [1.82, 2.24) is 4.90 Å². The van der Waals surface area contributed by atoms with Crippen molar-refractivity contribution in [3.05, 3.63) is 0 Å². The molecule has 0 heterocycles. The van der Waals surface area contributed by atoms with Gasteiger partial charge in [-0.3, -0.25) is 0 Å². The quantitative estimate of drug-likeness (QED) is 0.472. The maximum absolute atomic E-state index is 4.27. The van der Waals surface area contributed by atoms with Gasteiger partial charge in [-0.05, 0) is 18.8 Å². The molecule has 92 valence electrons. The first kappa shape index (κ1) is 15.3. The third-order valence-electron chi connectivity index (χ3n) is 3.05. The summed E-state index contributed by atoms with van der Waals surface area (Å²) in [5.74, 6) is 1.01. The van der Waals surface area contributed by atoms with Gasteiger partial charge in [0.15, 0.2) is 0 Å². The average molecular weight is 233 g/mol. The van der Waals surface area contributed by atoms with Crippen LogP contribution in [0.15, 0.2) is 0 Å². The summed E-state index contributed by atoms with van der Waals surface area (Å²) in [5.41, 5.74) is 0. The Kier molecular flexibility index (Phi) is 8.58. The van der Waals surface area contributed by atoms with Crippen molar-refractivity contribution in [3.8, 4) is 0 Å². The number of rotatable bonds is 9. The van der Waals surface area contributed by atoms with Crippen LogP contribution < -0.4 is 0 Å². The third-order valence-corrected chi connectivity index (χ3v) is 3.37. The van der Waals surface area contributed by atoms with E-state index in [1.165, 1.54) is 45.6 Å². The maximum atomic E-state index is 4.27. The van der Waals surface area contributed by atoms with Crippen LogP contribution in [0.2, 0.25) is 0 Å². The van der Waals surface area contributed by atoms with Gasteiger partial charge in [0.05, 0.1) is 27.2 Å². The monoisotopic (exact) mass is 233 g/mol. The zero-order chi connectivity index (χ0) is 11.7. The van der Waals surface area contributed by atoms with E-state index in [1.54, 1.807) is 0 Å². The van der Waals surface area contributed by atoms with Gasteiger partial charge in [0.1, 0.15) is 0 Å². The molecule has 2 nitrogen and oxygen atoms in total. The van der Waals surface area contributed by atoms with Crippen LogP contribution in [-0.2, 0) is 0 Å². The second kappa shape index (κ2) is 8.43. The van der Waals surface area contributed by atoms with Crippen LogP contribution in [0.5, 0.6) is 0 Å². The van der Waals surface area contributed by atoms with Crippen molar-refractivity contribution in [2.75, 3.05) is 52.6 Å². The highest BCUT2D eigenvalue weighted by atomic mass is 32.1. The minimum atomic E-state index is 1.01. The number of thiol groups is 1. The van der Waals surface area contributed by atoms with Crippen LogP contribution in [-0.4, -0.2) is 62.0 Å². The highest BCUT2D eigenvalue weighted by molar-refractivity contribution is 7.80. The second-order valence-electron chi connectivity index (χ2n) is 4.84. The summed E-state index contributed by atoms with van der Waals surface area (Å²) in [6.45, 7) is 10.6. The Hall–Kier alpha value is 0.270. The molecule has 15 heavy (non-hydrogen) atoms. The fourth-order valence-corrected chi connectivity index (χ4v) is 2.01. The summed E-state index contributed by atoms with van der Waals surface area (Å²) in [7, 11) is 4.65. The molecule has 0 saturated heterocycles. The highest BCUT2D eigenvalue weighted by Gasteiger charge is 2.13. The molecule has 0 N–H and O–H groups in total. The summed E-state index contributed by atoms with van der Waals surface area (Å²) in [4.78, 5) is 2.50. The van der Waals surface area contributed by atoms with Crippen LogP contribution in [0.3, 0.4) is 0 Å². The summed E-state index contributed by atoms with van der Waals surface area (Å²) in [6, 6.07) is 0. The van der Waals surface area contributed by atoms with E-state index in [9.17, 15) is 0 Å². The number of nitrogens with zero attached hydrogens (tertiary/aromatic N) is 2. The van der Waals surface area contributed by atoms with Gasteiger partial charge in [-0.25, -0.2) is 0 Å². The number of hydrogen-bond donors (Lipinski definition) is 1. The van der Waals surface area contributed by atoms with E-state index < -0.39 is 0 Å². The van der Waals surface area contributed by atoms with Crippen molar-refractivity contribution in [2.24, 2.45) is 0 Å². The van der Waals surface area contributed by atoms with Gasteiger partial charge in [0.2, 0.25) is 0 Å². The number of hydrogen-bond acceptors (Lipinski definition) is 2. The molecule has 3 heteroatoms. The van der Waals surface area contributed by atoms with Crippen LogP contribution in [0, 0.1) is 0 Å². The maximum Gasteiger partial charge on any atom is 0.0794 e. The molecule has 0 unspecified atom stereocenters. The molecular weight excluding hydrogens is 204 g/mol. The van der Waals surface area contributed by atoms with Crippen LogP contribution in [0.4, 0.5) is 0 Å². The van der Waals surface area contributed by atoms with Crippen molar-refractivity contribution < 1.29 is 4.48 Å². The first-order valence-electron chi connectivity index (χ1n) is 6.21. The lowest BCUT2D eigenvalue weighted by atomic mass is 10.3. The summed E-state index contributed by atoms with van der Waals surface area (Å²) in [5, 5.41) is 0. The number of quaternary nitrogens is 1. The van der Waals surface area contributed by atoms with Crippen LogP contribution in [0.25, 0.3) is 0 Å². The van der Waals surface area contributed by atoms with Gasteiger partial charge in [-0.15, -0.1) is 0 Å². The fraction of sp³-hybridized carbons (Fsp3) is 1.00. The Morgan fingerprint density at radius 1 is 1.00 bits per heavy atom. The molecule has 0 spiro atoms. The third kappa shape index (κ3) is 8.12. The Morgan fingerprint density at radius 2 is 1.53 bits per heavy atom. The lowest BCUT2D eigenvalue weighted by Gasteiger charge is -2.30. The Balaban J connectivity index is 3.63. The minimum absolute atomic E-state index is 1.01. The molecule has 0 aromatic carbocycles. The standard InChI is InChI=1S/C12H28N2S/c1-5-13(6-2)9-7-10-14(3,4)11-8-12-15/h5-12H2,1-4H3/p+1.